The highest BCUT2D eigenvalue weighted by molar-refractivity contribution is 14.1. The van der Waals surface area contributed by atoms with E-state index in [0.717, 1.165) is 11.1 Å². The summed E-state index contributed by atoms with van der Waals surface area (Å²) in [6.45, 7) is 3.64. The van der Waals surface area contributed by atoms with Crippen LogP contribution in [0, 0.1) is 6.92 Å². The lowest BCUT2D eigenvalue weighted by molar-refractivity contribution is 0.185. The molecule has 140 valence electrons. The lowest BCUT2D eigenvalue weighted by Gasteiger charge is -2.12. The number of benzene rings is 1. The molecule has 1 aromatic carbocycles. The van der Waals surface area contributed by atoms with Crippen molar-refractivity contribution in [2.75, 3.05) is 6.61 Å². The molecular weight excluding hydrogens is 462 g/mol. The van der Waals surface area contributed by atoms with E-state index in [-0.39, 0.29) is 18.2 Å². The summed E-state index contributed by atoms with van der Waals surface area (Å²) in [5.41, 5.74) is 3.13. The minimum Gasteiger partial charge on any atom is -0.459 e. The lowest BCUT2D eigenvalue weighted by atomic mass is 10.1. The van der Waals surface area contributed by atoms with Gasteiger partial charge in [0.15, 0.2) is 3.68 Å². The van der Waals surface area contributed by atoms with Crippen LogP contribution in [0.4, 0.5) is 4.39 Å². The number of alkyl halides is 2. The van der Waals surface area contributed by atoms with Crippen molar-refractivity contribution >= 4 is 22.6 Å². The monoisotopic (exact) mass is 480 g/mol. The maximum absolute atomic E-state index is 13.5. The van der Waals surface area contributed by atoms with E-state index < -0.39 is 3.68 Å². The van der Waals surface area contributed by atoms with Crippen LogP contribution in [0.2, 0.25) is 0 Å². The van der Waals surface area contributed by atoms with Gasteiger partial charge in [-0.2, -0.15) is 5.10 Å². The summed E-state index contributed by atoms with van der Waals surface area (Å²) < 4.78 is 18.6. The molecule has 0 fully saturated rings. The second kappa shape index (κ2) is 8.12. The Labute approximate surface area is 169 Å². The number of ether oxygens (including phenoxy) is 1. The van der Waals surface area contributed by atoms with Gasteiger partial charge >= 0.3 is 6.01 Å². The highest BCUT2D eigenvalue weighted by atomic mass is 127. The zero-order valence-electron chi connectivity index (χ0n) is 14.9. The van der Waals surface area contributed by atoms with E-state index in [4.69, 9.17) is 4.74 Å². The Bertz CT molecular complexity index is 984. The van der Waals surface area contributed by atoms with Crippen LogP contribution in [0.25, 0.3) is 11.3 Å². The van der Waals surface area contributed by atoms with Crippen molar-refractivity contribution in [3.8, 4) is 17.3 Å². The van der Waals surface area contributed by atoms with Crippen LogP contribution in [-0.2, 0) is 6.54 Å². The quantitative estimate of drug-likeness (QED) is 0.399. The molecule has 0 N–H and O–H groups in total. The van der Waals surface area contributed by atoms with Gasteiger partial charge in [0.05, 0.1) is 12.2 Å². The van der Waals surface area contributed by atoms with E-state index in [1.807, 2.05) is 31.2 Å². The maximum Gasteiger partial charge on any atom is 0.316 e. The van der Waals surface area contributed by atoms with Gasteiger partial charge in [0.1, 0.15) is 6.61 Å². The zero-order chi connectivity index (χ0) is 19.4. The molecule has 0 spiro atoms. The summed E-state index contributed by atoms with van der Waals surface area (Å²) in [6, 6.07) is 11.1. The van der Waals surface area contributed by atoms with Crippen LogP contribution in [0.1, 0.15) is 18.1 Å². The van der Waals surface area contributed by atoms with Crippen LogP contribution in [0.5, 0.6) is 6.01 Å². The number of hydrogen-bond donors (Lipinski definition) is 0. The van der Waals surface area contributed by atoms with Gasteiger partial charge in [-0.15, -0.1) is 0 Å². The van der Waals surface area contributed by atoms with Gasteiger partial charge in [0, 0.05) is 24.0 Å². The second-order valence-electron chi connectivity index (χ2n) is 6.32. The molecule has 0 saturated heterocycles. The van der Waals surface area contributed by atoms with Gasteiger partial charge in [0.25, 0.3) is 5.56 Å². The lowest BCUT2D eigenvalue weighted by Crippen LogP contribution is -2.23. The predicted molar refractivity (Wildman–Crippen MR) is 109 cm³/mol. The molecule has 1 unspecified atom stereocenters. The highest BCUT2D eigenvalue weighted by Gasteiger charge is 2.19. The SMILES string of the molecule is Cc1cccc(Cn2nc(-c3cnc(OCC(C)(F)I)nc3)ccc2=O)c1. The first-order chi connectivity index (χ1) is 12.8. The van der Waals surface area contributed by atoms with Crippen LogP contribution < -0.4 is 10.3 Å². The number of nitrogens with zero attached hydrogens (tertiary/aromatic N) is 4. The van der Waals surface area contributed by atoms with Crippen molar-refractivity contribution in [1.82, 2.24) is 19.7 Å². The summed E-state index contributed by atoms with van der Waals surface area (Å²) in [5.74, 6) is 0. The number of hydrogen-bond acceptors (Lipinski definition) is 5. The summed E-state index contributed by atoms with van der Waals surface area (Å²) >= 11 is 1.65. The van der Waals surface area contributed by atoms with Gasteiger partial charge in [0.2, 0.25) is 0 Å². The number of halogens is 2. The molecule has 3 rings (SSSR count). The average Bonchev–Trinajstić information content (AvgIpc) is 2.62. The Morgan fingerprint density at radius 2 is 1.96 bits per heavy atom. The molecule has 2 aromatic heterocycles. The molecule has 3 aromatic rings. The van der Waals surface area contributed by atoms with Gasteiger partial charge in [-0.3, -0.25) is 4.79 Å². The summed E-state index contributed by atoms with van der Waals surface area (Å²) in [7, 11) is 0. The van der Waals surface area contributed by atoms with Crippen LogP contribution in [0.15, 0.2) is 53.6 Å². The fraction of sp³-hybridized carbons (Fsp3) is 0.263. The molecule has 0 bridgehead atoms. The van der Waals surface area contributed by atoms with E-state index in [2.05, 4.69) is 15.1 Å². The topological polar surface area (TPSA) is 69.9 Å². The molecule has 0 amide bonds. The molecule has 0 aliphatic rings. The normalized spacial score (nSPS) is 13.2. The Morgan fingerprint density at radius 1 is 1.22 bits per heavy atom. The van der Waals surface area contributed by atoms with Gasteiger partial charge in [-0.05, 0) is 48.1 Å². The molecule has 8 heteroatoms. The molecule has 27 heavy (non-hydrogen) atoms. The molecule has 0 radical (unpaired) electrons. The van der Waals surface area contributed by atoms with E-state index >= 15 is 0 Å². The average molecular weight is 480 g/mol. The van der Waals surface area contributed by atoms with Crippen molar-refractivity contribution in [2.24, 2.45) is 0 Å². The number of rotatable bonds is 6. The predicted octanol–water partition coefficient (Wildman–Crippen LogP) is 3.56. The third-order valence-corrected chi connectivity index (χ3v) is 3.97. The van der Waals surface area contributed by atoms with Crippen molar-refractivity contribution in [3.05, 3.63) is 70.3 Å². The van der Waals surface area contributed by atoms with Gasteiger partial charge in [-0.25, -0.2) is 19.0 Å². The molecule has 1 atom stereocenters. The maximum atomic E-state index is 13.5. The minimum absolute atomic E-state index is 0.0902. The smallest absolute Gasteiger partial charge is 0.316 e. The minimum atomic E-state index is -1.49. The fourth-order valence-electron chi connectivity index (χ4n) is 2.41. The van der Waals surface area contributed by atoms with Crippen LogP contribution in [0.3, 0.4) is 0 Å². The molecule has 6 nitrogen and oxygen atoms in total. The van der Waals surface area contributed by atoms with Crippen molar-refractivity contribution < 1.29 is 9.13 Å². The number of aromatic nitrogens is 4. The molecule has 0 aliphatic heterocycles. The summed E-state index contributed by atoms with van der Waals surface area (Å²) in [6.07, 6.45) is 3.07. The largest absolute Gasteiger partial charge is 0.459 e. The highest BCUT2D eigenvalue weighted by Crippen LogP contribution is 2.21. The van der Waals surface area contributed by atoms with Crippen LogP contribution in [-0.4, -0.2) is 30.0 Å². The standard InChI is InChI=1S/C19H18FIN4O2/c1-13-4-3-5-14(8-13)11-25-17(26)7-6-16(24-25)15-9-22-18(23-10-15)27-12-19(2,20)21/h3-10H,11-12H2,1-2H3. The molecule has 2 heterocycles. The van der Waals surface area contributed by atoms with Crippen molar-refractivity contribution in [1.29, 1.82) is 0 Å². The first-order valence-electron chi connectivity index (χ1n) is 8.27. The van der Waals surface area contributed by atoms with E-state index in [0.29, 0.717) is 17.8 Å². The Balaban J connectivity index is 1.80. The Morgan fingerprint density at radius 3 is 2.63 bits per heavy atom. The molecule has 0 saturated carbocycles. The van der Waals surface area contributed by atoms with E-state index in [1.54, 1.807) is 28.7 Å². The summed E-state index contributed by atoms with van der Waals surface area (Å²) in [4.78, 5) is 20.3. The number of aryl methyl sites for hydroxylation is 1. The van der Waals surface area contributed by atoms with Crippen LogP contribution >= 0.6 is 22.6 Å². The Hall–Kier alpha value is -2.36. The third kappa shape index (κ3) is 5.56. The summed E-state index contributed by atoms with van der Waals surface area (Å²) in [5, 5.41) is 4.40. The molecular formula is C19H18FIN4O2. The van der Waals surface area contributed by atoms with Gasteiger partial charge < -0.3 is 4.74 Å². The van der Waals surface area contributed by atoms with Gasteiger partial charge in [-0.1, -0.05) is 29.8 Å². The first-order valence-corrected chi connectivity index (χ1v) is 9.35. The Kier molecular flexibility index (Phi) is 5.83. The fourth-order valence-corrected chi connectivity index (χ4v) is 2.57. The molecule has 0 aliphatic carbocycles. The zero-order valence-corrected chi connectivity index (χ0v) is 17.1. The van der Waals surface area contributed by atoms with Crippen molar-refractivity contribution in [3.63, 3.8) is 0 Å². The van der Waals surface area contributed by atoms with E-state index in [1.165, 1.54) is 30.1 Å². The second-order valence-corrected chi connectivity index (χ2v) is 8.57. The third-order valence-electron chi connectivity index (χ3n) is 3.66. The van der Waals surface area contributed by atoms with Crippen molar-refractivity contribution in [2.45, 2.75) is 24.1 Å². The van der Waals surface area contributed by atoms with E-state index in [9.17, 15) is 9.18 Å². The first kappa shape index (κ1) is 19.4.